The molecule has 0 bridgehead atoms. The van der Waals surface area contributed by atoms with E-state index in [1.54, 1.807) is 0 Å². The van der Waals surface area contributed by atoms with Gasteiger partial charge < -0.3 is 20.1 Å². The molecule has 1 saturated heterocycles. The molecule has 9 heteroatoms. The molecule has 7 nitrogen and oxygen atoms in total. The van der Waals surface area contributed by atoms with Crippen LogP contribution < -0.4 is 15.4 Å². The van der Waals surface area contributed by atoms with Crippen LogP contribution in [0.2, 0.25) is 0 Å². The number of hydrogen-bond acceptors (Lipinski definition) is 5. The lowest BCUT2D eigenvalue weighted by atomic mass is 10.1. The Morgan fingerprint density at radius 1 is 1.44 bits per heavy atom. The molecule has 1 atom stereocenters. The quantitative estimate of drug-likeness (QED) is 0.722. The van der Waals surface area contributed by atoms with Gasteiger partial charge in [0.05, 0.1) is 11.8 Å². The van der Waals surface area contributed by atoms with Gasteiger partial charge in [-0.05, 0) is 25.0 Å². The van der Waals surface area contributed by atoms with E-state index in [0.717, 1.165) is 43.7 Å². The second-order valence-corrected chi connectivity index (χ2v) is 6.50. The normalized spacial score (nSPS) is 18.5. The second kappa shape index (κ2) is 8.69. The standard InChI is InChI=1S/C18H21FN4O3.ClH/c19-11-3-4-16(26-10-12-2-1-7-25-12)15(8-11)21-18(24)17-13-9-20-6-5-14(13)22-23-17;/h3-4,8,12,20H,1-2,5-7,9-10H2,(H,21,24)(H,22,23);1H. The second-order valence-electron chi connectivity index (χ2n) is 6.50. The summed E-state index contributed by atoms with van der Waals surface area (Å²) in [6.07, 6.45) is 2.79. The van der Waals surface area contributed by atoms with Crippen LogP contribution in [0, 0.1) is 5.82 Å². The number of aromatic nitrogens is 2. The van der Waals surface area contributed by atoms with Crippen LogP contribution in [0.1, 0.15) is 34.6 Å². The van der Waals surface area contributed by atoms with Gasteiger partial charge in [0.1, 0.15) is 18.2 Å². The molecule has 146 valence electrons. The van der Waals surface area contributed by atoms with Gasteiger partial charge in [-0.15, -0.1) is 12.4 Å². The van der Waals surface area contributed by atoms with Gasteiger partial charge in [-0.2, -0.15) is 5.10 Å². The molecule has 2 aliphatic rings. The molecule has 0 saturated carbocycles. The molecule has 1 fully saturated rings. The number of amides is 1. The van der Waals surface area contributed by atoms with E-state index in [9.17, 15) is 9.18 Å². The van der Waals surface area contributed by atoms with Crippen molar-refractivity contribution in [3.8, 4) is 5.75 Å². The highest BCUT2D eigenvalue weighted by molar-refractivity contribution is 6.04. The van der Waals surface area contributed by atoms with E-state index in [1.165, 1.54) is 18.2 Å². The smallest absolute Gasteiger partial charge is 0.276 e. The van der Waals surface area contributed by atoms with Crippen molar-refractivity contribution in [3.63, 3.8) is 0 Å². The van der Waals surface area contributed by atoms with Crippen LogP contribution >= 0.6 is 12.4 Å². The molecule has 1 unspecified atom stereocenters. The Kier molecular flexibility index (Phi) is 6.30. The number of benzene rings is 1. The molecule has 1 aromatic carbocycles. The molecule has 3 N–H and O–H groups in total. The number of nitrogens with one attached hydrogen (secondary N) is 3. The molecule has 1 amide bonds. The summed E-state index contributed by atoms with van der Waals surface area (Å²) in [5.74, 6) is -0.424. The summed E-state index contributed by atoms with van der Waals surface area (Å²) in [4.78, 5) is 12.6. The first-order valence-corrected chi connectivity index (χ1v) is 8.83. The maximum absolute atomic E-state index is 13.7. The molecule has 0 spiro atoms. The summed E-state index contributed by atoms with van der Waals surface area (Å²) in [5, 5.41) is 13.0. The topological polar surface area (TPSA) is 88.3 Å². The average molecular weight is 397 g/mol. The minimum atomic E-state index is -0.449. The van der Waals surface area contributed by atoms with Crippen LogP contribution in [0.5, 0.6) is 5.75 Å². The highest BCUT2D eigenvalue weighted by Gasteiger charge is 2.23. The molecular weight excluding hydrogens is 375 g/mol. The van der Waals surface area contributed by atoms with E-state index in [4.69, 9.17) is 9.47 Å². The summed E-state index contributed by atoms with van der Waals surface area (Å²) in [7, 11) is 0. The average Bonchev–Trinajstić information content (AvgIpc) is 3.30. The van der Waals surface area contributed by atoms with Crippen molar-refractivity contribution in [3.05, 3.63) is 41.0 Å². The van der Waals surface area contributed by atoms with Crippen LogP contribution in [0.25, 0.3) is 0 Å². The number of rotatable bonds is 5. The number of halogens is 2. The monoisotopic (exact) mass is 396 g/mol. The predicted molar refractivity (Wildman–Crippen MR) is 100 cm³/mol. The maximum Gasteiger partial charge on any atom is 0.276 e. The number of aromatic amines is 1. The number of ether oxygens (including phenoxy) is 2. The molecule has 1 aromatic heterocycles. The van der Waals surface area contributed by atoms with Crippen molar-refractivity contribution in [2.45, 2.75) is 31.9 Å². The van der Waals surface area contributed by atoms with Crippen molar-refractivity contribution >= 4 is 24.0 Å². The molecule has 4 rings (SSSR count). The Hall–Kier alpha value is -2.16. The van der Waals surface area contributed by atoms with Crippen molar-refractivity contribution in [1.82, 2.24) is 15.5 Å². The third-order valence-corrected chi connectivity index (χ3v) is 4.66. The highest BCUT2D eigenvalue weighted by atomic mass is 35.5. The lowest BCUT2D eigenvalue weighted by Gasteiger charge is -2.16. The Bertz CT molecular complexity index is 808. The number of nitrogens with zero attached hydrogens (tertiary/aromatic N) is 1. The summed E-state index contributed by atoms with van der Waals surface area (Å²) >= 11 is 0. The van der Waals surface area contributed by atoms with E-state index in [1.807, 2.05) is 0 Å². The SMILES string of the molecule is Cl.O=C(Nc1cc(F)ccc1OCC1CCCO1)c1n[nH]c2c1CNCC2. The molecule has 2 aliphatic heterocycles. The number of carbonyl (C=O) groups excluding carboxylic acids is 1. The zero-order chi connectivity index (χ0) is 17.9. The van der Waals surface area contributed by atoms with Crippen LogP contribution in [0.4, 0.5) is 10.1 Å². The van der Waals surface area contributed by atoms with Gasteiger partial charge in [-0.25, -0.2) is 4.39 Å². The number of hydrogen-bond donors (Lipinski definition) is 3. The fraction of sp³-hybridized carbons (Fsp3) is 0.444. The number of fused-ring (bicyclic) bond motifs is 1. The van der Waals surface area contributed by atoms with Crippen molar-refractivity contribution in [2.24, 2.45) is 0 Å². The number of anilines is 1. The first-order chi connectivity index (χ1) is 12.7. The Morgan fingerprint density at radius 3 is 3.15 bits per heavy atom. The molecule has 2 aromatic rings. The van der Waals surface area contributed by atoms with Gasteiger partial charge in [0.25, 0.3) is 5.91 Å². The summed E-state index contributed by atoms with van der Waals surface area (Å²) in [5.41, 5.74) is 2.42. The molecule has 3 heterocycles. The zero-order valence-electron chi connectivity index (χ0n) is 14.7. The summed E-state index contributed by atoms with van der Waals surface area (Å²) < 4.78 is 25.0. The Labute approximate surface area is 162 Å². The fourth-order valence-electron chi connectivity index (χ4n) is 3.28. The van der Waals surface area contributed by atoms with Crippen molar-refractivity contribution in [1.29, 1.82) is 0 Å². The van der Waals surface area contributed by atoms with Gasteiger partial charge >= 0.3 is 0 Å². The van der Waals surface area contributed by atoms with E-state index in [0.29, 0.717) is 24.6 Å². The zero-order valence-corrected chi connectivity index (χ0v) is 15.5. The third kappa shape index (κ3) is 4.40. The third-order valence-electron chi connectivity index (χ3n) is 4.66. The van der Waals surface area contributed by atoms with E-state index < -0.39 is 11.7 Å². The minimum absolute atomic E-state index is 0. The molecule has 0 aliphatic carbocycles. The van der Waals surface area contributed by atoms with Gasteiger partial charge in [0.2, 0.25) is 0 Å². The fourth-order valence-corrected chi connectivity index (χ4v) is 3.28. The van der Waals surface area contributed by atoms with Gasteiger partial charge in [0.15, 0.2) is 5.69 Å². The van der Waals surface area contributed by atoms with Gasteiger partial charge in [-0.3, -0.25) is 9.89 Å². The largest absolute Gasteiger partial charge is 0.489 e. The van der Waals surface area contributed by atoms with Crippen LogP contribution in [-0.4, -0.2) is 42.0 Å². The van der Waals surface area contributed by atoms with Crippen LogP contribution in [-0.2, 0) is 17.7 Å². The molecular formula is C18H22ClFN4O3. The van der Waals surface area contributed by atoms with E-state index >= 15 is 0 Å². The Morgan fingerprint density at radius 2 is 2.33 bits per heavy atom. The molecule has 0 radical (unpaired) electrons. The predicted octanol–water partition coefficient (Wildman–Crippen LogP) is 2.43. The van der Waals surface area contributed by atoms with Crippen LogP contribution in [0.15, 0.2) is 18.2 Å². The van der Waals surface area contributed by atoms with Crippen LogP contribution in [0.3, 0.4) is 0 Å². The summed E-state index contributed by atoms with van der Waals surface area (Å²) in [6, 6.07) is 4.07. The minimum Gasteiger partial charge on any atom is -0.489 e. The number of carbonyl (C=O) groups is 1. The lowest BCUT2D eigenvalue weighted by Crippen LogP contribution is -2.25. The van der Waals surface area contributed by atoms with Crippen molar-refractivity contribution in [2.75, 3.05) is 25.1 Å². The summed E-state index contributed by atoms with van der Waals surface area (Å²) in [6.45, 7) is 2.54. The Balaban J connectivity index is 0.00000210. The number of H-pyrrole nitrogens is 1. The van der Waals surface area contributed by atoms with Gasteiger partial charge in [0, 0.05) is 43.4 Å². The highest BCUT2D eigenvalue weighted by Crippen LogP contribution is 2.27. The van der Waals surface area contributed by atoms with E-state index in [2.05, 4.69) is 20.8 Å². The van der Waals surface area contributed by atoms with Crippen molar-refractivity contribution < 1.29 is 18.7 Å². The maximum atomic E-state index is 13.7. The first-order valence-electron chi connectivity index (χ1n) is 8.83. The first kappa shape index (κ1) is 19.6. The lowest BCUT2D eigenvalue weighted by molar-refractivity contribution is 0.0681. The van der Waals surface area contributed by atoms with Gasteiger partial charge in [-0.1, -0.05) is 0 Å². The molecule has 27 heavy (non-hydrogen) atoms. The van der Waals surface area contributed by atoms with E-state index in [-0.39, 0.29) is 24.2 Å².